The third kappa shape index (κ3) is 2.49. The van der Waals surface area contributed by atoms with E-state index in [0.29, 0.717) is 18.9 Å². The lowest BCUT2D eigenvalue weighted by Gasteiger charge is -2.31. The van der Waals surface area contributed by atoms with Crippen molar-refractivity contribution in [2.75, 3.05) is 13.1 Å². The van der Waals surface area contributed by atoms with E-state index in [0.717, 1.165) is 18.7 Å². The van der Waals surface area contributed by atoms with Crippen molar-refractivity contribution < 1.29 is 10.0 Å². The van der Waals surface area contributed by atoms with Gasteiger partial charge in [-0.2, -0.15) is 0 Å². The van der Waals surface area contributed by atoms with Gasteiger partial charge in [-0.1, -0.05) is 12.1 Å². The van der Waals surface area contributed by atoms with Crippen molar-refractivity contribution >= 4 is 11.6 Å². The Morgan fingerprint density at radius 2 is 2.33 bits per heavy atom. The van der Waals surface area contributed by atoms with Crippen molar-refractivity contribution in [3.05, 3.63) is 0 Å². The largest absolute Gasteiger partial charge is 0.411 e. The Morgan fingerprint density at radius 3 is 2.87 bits per heavy atom. The van der Waals surface area contributed by atoms with Gasteiger partial charge in [0, 0.05) is 31.8 Å². The van der Waals surface area contributed by atoms with Gasteiger partial charge in [-0.15, -0.1) is 0 Å². The fourth-order valence-electron chi connectivity index (χ4n) is 2.10. The lowest BCUT2D eigenvalue weighted by Crippen LogP contribution is -2.43. The maximum atomic E-state index is 11.8. The summed E-state index contributed by atoms with van der Waals surface area (Å²) in [5.74, 6) is 1.13. The van der Waals surface area contributed by atoms with E-state index in [1.54, 1.807) is 0 Å². The zero-order chi connectivity index (χ0) is 10.8. The fourth-order valence-corrected chi connectivity index (χ4v) is 2.10. The van der Waals surface area contributed by atoms with Gasteiger partial charge in [-0.25, -0.2) is 0 Å². The molecule has 0 bridgehead atoms. The van der Waals surface area contributed by atoms with E-state index in [1.807, 2.05) is 11.8 Å². The first-order chi connectivity index (χ1) is 7.20. The number of hydrogen-bond donors (Lipinski definition) is 1. The van der Waals surface area contributed by atoms with Crippen molar-refractivity contribution in [3.8, 4) is 0 Å². The molecule has 0 aromatic carbocycles. The number of nitrogens with zero attached hydrogens (tertiary/aromatic N) is 2. The zero-order valence-corrected chi connectivity index (χ0v) is 9.15. The first kappa shape index (κ1) is 10.5. The number of likely N-dealkylation sites (tertiary alicyclic amines) is 1. The Labute approximate surface area is 89.9 Å². The summed E-state index contributed by atoms with van der Waals surface area (Å²) in [6.45, 7) is 3.44. The Morgan fingerprint density at radius 1 is 1.60 bits per heavy atom. The molecule has 2 fully saturated rings. The monoisotopic (exact) mass is 210 g/mol. The van der Waals surface area contributed by atoms with Gasteiger partial charge in [-0.3, -0.25) is 4.79 Å². The van der Waals surface area contributed by atoms with Crippen LogP contribution in [0.2, 0.25) is 0 Å². The topological polar surface area (TPSA) is 52.9 Å². The number of piperidine rings is 1. The zero-order valence-electron chi connectivity index (χ0n) is 9.15. The number of hydrogen-bond acceptors (Lipinski definition) is 3. The molecule has 1 saturated heterocycles. The minimum absolute atomic E-state index is 0.201. The Kier molecular flexibility index (Phi) is 2.93. The van der Waals surface area contributed by atoms with Gasteiger partial charge >= 0.3 is 0 Å². The second-order valence-electron chi connectivity index (χ2n) is 4.73. The molecule has 1 saturated carbocycles. The van der Waals surface area contributed by atoms with Crippen LogP contribution in [0.15, 0.2) is 5.16 Å². The van der Waals surface area contributed by atoms with E-state index in [4.69, 9.17) is 5.21 Å². The summed E-state index contributed by atoms with van der Waals surface area (Å²) in [5.41, 5.74) is 0.825. The normalized spacial score (nSPS) is 29.5. The minimum Gasteiger partial charge on any atom is -0.411 e. The van der Waals surface area contributed by atoms with Gasteiger partial charge in [0.2, 0.25) is 5.91 Å². The van der Waals surface area contributed by atoms with Crippen LogP contribution in [0, 0.1) is 11.8 Å². The van der Waals surface area contributed by atoms with E-state index >= 15 is 0 Å². The van der Waals surface area contributed by atoms with Crippen LogP contribution in [0.3, 0.4) is 0 Å². The Hall–Kier alpha value is -1.06. The summed E-state index contributed by atoms with van der Waals surface area (Å²) < 4.78 is 0. The van der Waals surface area contributed by atoms with Gasteiger partial charge < -0.3 is 10.1 Å². The number of carbonyl (C=O) groups excluding carboxylic acids is 1. The van der Waals surface area contributed by atoms with Crippen LogP contribution < -0.4 is 0 Å². The van der Waals surface area contributed by atoms with Crippen LogP contribution in [-0.4, -0.2) is 34.8 Å². The van der Waals surface area contributed by atoms with Crippen LogP contribution >= 0.6 is 0 Å². The number of carbonyl (C=O) groups is 1. The molecule has 1 amide bonds. The van der Waals surface area contributed by atoms with Crippen molar-refractivity contribution in [2.24, 2.45) is 17.0 Å². The predicted molar refractivity (Wildman–Crippen MR) is 56.9 cm³/mol. The number of amides is 1. The molecule has 2 rings (SSSR count). The van der Waals surface area contributed by atoms with Crippen LogP contribution in [0.25, 0.3) is 0 Å². The summed E-state index contributed by atoms with van der Waals surface area (Å²) in [4.78, 5) is 13.7. The molecule has 1 aliphatic carbocycles. The molecule has 1 atom stereocenters. The lowest BCUT2D eigenvalue weighted by atomic mass is 9.97. The number of rotatable bonds is 2. The second kappa shape index (κ2) is 4.21. The quantitative estimate of drug-likeness (QED) is 0.554. The molecule has 4 nitrogen and oxygen atoms in total. The van der Waals surface area contributed by atoms with Crippen LogP contribution in [0.1, 0.15) is 32.6 Å². The maximum absolute atomic E-state index is 11.8. The molecule has 4 heteroatoms. The fraction of sp³-hybridized carbons (Fsp3) is 0.818. The SMILES string of the molecule is CC1CN(C(=O)CC2CC2)CCC1=NO. The van der Waals surface area contributed by atoms with E-state index in [9.17, 15) is 4.79 Å². The molecule has 84 valence electrons. The molecule has 1 N–H and O–H groups in total. The highest BCUT2D eigenvalue weighted by molar-refractivity contribution is 5.89. The highest BCUT2D eigenvalue weighted by Crippen LogP contribution is 2.33. The standard InChI is InChI=1S/C11H18N2O2/c1-8-7-13(5-4-10(8)12-15)11(14)6-9-2-3-9/h8-9,15H,2-7H2,1H3. The Bertz CT molecular complexity index is 284. The van der Waals surface area contributed by atoms with Crippen molar-refractivity contribution in [1.82, 2.24) is 4.90 Å². The van der Waals surface area contributed by atoms with Gasteiger partial charge in [0.15, 0.2) is 0 Å². The van der Waals surface area contributed by atoms with E-state index in [2.05, 4.69) is 5.16 Å². The smallest absolute Gasteiger partial charge is 0.222 e. The van der Waals surface area contributed by atoms with Gasteiger partial charge in [0.05, 0.1) is 5.71 Å². The third-order valence-electron chi connectivity index (χ3n) is 3.34. The van der Waals surface area contributed by atoms with E-state index in [-0.39, 0.29) is 11.8 Å². The summed E-state index contributed by atoms with van der Waals surface area (Å²) in [6, 6.07) is 0. The lowest BCUT2D eigenvalue weighted by molar-refractivity contribution is -0.132. The highest BCUT2D eigenvalue weighted by Gasteiger charge is 2.30. The van der Waals surface area contributed by atoms with Crippen molar-refractivity contribution in [3.63, 3.8) is 0 Å². The van der Waals surface area contributed by atoms with Crippen molar-refractivity contribution in [1.29, 1.82) is 0 Å². The summed E-state index contributed by atoms with van der Waals surface area (Å²) >= 11 is 0. The molecule has 1 aliphatic heterocycles. The van der Waals surface area contributed by atoms with Gasteiger partial charge in [0.25, 0.3) is 0 Å². The molecule has 0 aromatic heterocycles. The van der Waals surface area contributed by atoms with Crippen LogP contribution in [0.4, 0.5) is 0 Å². The summed E-state index contributed by atoms with van der Waals surface area (Å²) in [7, 11) is 0. The molecular weight excluding hydrogens is 192 g/mol. The molecule has 2 aliphatic rings. The molecule has 0 radical (unpaired) electrons. The van der Waals surface area contributed by atoms with Gasteiger partial charge in [-0.05, 0) is 18.8 Å². The number of oxime groups is 1. The van der Waals surface area contributed by atoms with Crippen LogP contribution in [0.5, 0.6) is 0 Å². The first-order valence-corrected chi connectivity index (χ1v) is 5.69. The summed E-state index contributed by atoms with van der Waals surface area (Å²) in [6.07, 6.45) is 3.88. The average Bonchev–Trinajstić information content (AvgIpc) is 3.01. The third-order valence-corrected chi connectivity index (χ3v) is 3.34. The van der Waals surface area contributed by atoms with Crippen LogP contribution in [-0.2, 0) is 4.79 Å². The highest BCUT2D eigenvalue weighted by atomic mass is 16.4. The molecule has 15 heavy (non-hydrogen) atoms. The maximum Gasteiger partial charge on any atom is 0.222 e. The predicted octanol–water partition coefficient (Wildman–Crippen LogP) is 1.49. The minimum atomic E-state index is 0.201. The van der Waals surface area contributed by atoms with E-state index in [1.165, 1.54) is 12.8 Å². The first-order valence-electron chi connectivity index (χ1n) is 5.69. The average molecular weight is 210 g/mol. The molecular formula is C11H18N2O2. The molecule has 0 aromatic rings. The Balaban J connectivity index is 1.86. The van der Waals surface area contributed by atoms with Crippen molar-refractivity contribution in [2.45, 2.75) is 32.6 Å². The van der Waals surface area contributed by atoms with Gasteiger partial charge in [0.1, 0.15) is 0 Å². The van der Waals surface area contributed by atoms with E-state index < -0.39 is 0 Å². The second-order valence-corrected chi connectivity index (χ2v) is 4.73. The molecule has 0 spiro atoms. The summed E-state index contributed by atoms with van der Waals surface area (Å²) in [5, 5.41) is 12.0. The molecule has 1 heterocycles. The molecule has 1 unspecified atom stereocenters.